The van der Waals surface area contributed by atoms with Gasteiger partial charge in [0.25, 0.3) is 0 Å². The van der Waals surface area contributed by atoms with E-state index in [0.29, 0.717) is 33.7 Å². The first-order chi connectivity index (χ1) is 14.7. The third-order valence-corrected chi connectivity index (χ3v) is 5.44. The molecule has 2 aromatic carbocycles. The molecule has 2 N–H and O–H groups in total. The van der Waals surface area contributed by atoms with E-state index in [0.717, 1.165) is 11.8 Å². The Labute approximate surface area is 183 Å². The zero-order valence-electron chi connectivity index (χ0n) is 16.5. The van der Waals surface area contributed by atoms with E-state index < -0.39 is 15.8 Å². The lowest BCUT2D eigenvalue weighted by Gasteiger charge is -2.12. The van der Waals surface area contributed by atoms with E-state index in [1.807, 2.05) is 12.1 Å². The number of nitrogens with zero attached hydrogens (tertiary/aromatic N) is 3. The van der Waals surface area contributed by atoms with Crippen molar-refractivity contribution >= 4 is 49.7 Å². The molecule has 0 aliphatic rings. The summed E-state index contributed by atoms with van der Waals surface area (Å²) in [5.41, 5.74) is 3.25. The maximum Gasteiger partial charge on any atom is 0.229 e. The number of pyridine rings is 1. The van der Waals surface area contributed by atoms with Crippen LogP contribution < -0.4 is 10.0 Å². The van der Waals surface area contributed by atoms with E-state index in [4.69, 9.17) is 11.6 Å². The summed E-state index contributed by atoms with van der Waals surface area (Å²) >= 11 is 5.87. The van der Waals surface area contributed by atoms with Gasteiger partial charge in [0.1, 0.15) is 12.1 Å². The molecule has 0 spiro atoms. The molecule has 2 heterocycles. The molecule has 0 aliphatic heterocycles. The van der Waals surface area contributed by atoms with E-state index in [2.05, 4.69) is 25.0 Å². The standard InChI is InChI=1S/C21H17ClFN5O2S/c1-12-19(28-31(2,29)30)9-14(10-24-12)13-6-7-17-15(8-13)21(26-11-25-17)27-18-5-3-4-16(22)20(18)23/h3-11,28H,1-2H3,(H,25,26,27). The molecular weight excluding hydrogens is 441 g/mol. The maximum absolute atomic E-state index is 14.3. The van der Waals surface area contributed by atoms with Crippen molar-refractivity contribution in [1.82, 2.24) is 15.0 Å². The van der Waals surface area contributed by atoms with Crippen LogP contribution in [0.3, 0.4) is 0 Å². The average Bonchev–Trinajstić information content (AvgIpc) is 2.72. The average molecular weight is 458 g/mol. The van der Waals surface area contributed by atoms with Crippen molar-refractivity contribution in [2.45, 2.75) is 6.92 Å². The van der Waals surface area contributed by atoms with Crippen LogP contribution in [0, 0.1) is 12.7 Å². The fourth-order valence-electron chi connectivity index (χ4n) is 3.06. The number of anilines is 3. The molecule has 0 fully saturated rings. The molecule has 4 aromatic rings. The molecule has 0 saturated carbocycles. The second-order valence-electron chi connectivity index (χ2n) is 6.91. The number of sulfonamides is 1. The highest BCUT2D eigenvalue weighted by atomic mass is 35.5. The first kappa shape index (κ1) is 21.0. The Hall–Kier alpha value is -3.30. The Kier molecular flexibility index (Phi) is 5.47. The lowest BCUT2D eigenvalue weighted by molar-refractivity contribution is 0.606. The van der Waals surface area contributed by atoms with Gasteiger partial charge in [0, 0.05) is 17.1 Å². The number of benzene rings is 2. The number of nitrogens with one attached hydrogen (secondary N) is 2. The molecule has 0 unspecified atom stereocenters. The third-order valence-electron chi connectivity index (χ3n) is 4.56. The van der Waals surface area contributed by atoms with Crippen molar-refractivity contribution < 1.29 is 12.8 Å². The van der Waals surface area contributed by atoms with Gasteiger partial charge in [0.2, 0.25) is 10.0 Å². The molecule has 0 radical (unpaired) electrons. The van der Waals surface area contributed by atoms with Gasteiger partial charge in [-0.3, -0.25) is 9.71 Å². The van der Waals surface area contributed by atoms with Crippen molar-refractivity contribution in [3.8, 4) is 11.1 Å². The summed E-state index contributed by atoms with van der Waals surface area (Å²) in [7, 11) is -3.45. The van der Waals surface area contributed by atoms with Crippen LogP contribution in [0.2, 0.25) is 5.02 Å². The molecule has 0 atom stereocenters. The van der Waals surface area contributed by atoms with Gasteiger partial charge < -0.3 is 5.32 Å². The Morgan fingerprint density at radius 1 is 1.00 bits per heavy atom. The van der Waals surface area contributed by atoms with Crippen molar-refractivity contribution in [1.29, 1.82) is 0 Å². The summed E-state index contributed by atoms with van der Waals surface area (Å²) in [6.07, 6.45) is 4.12. The van der Waals surface area contributed by atoms with Crippen LogP contribution in [0.15, 0.2) is 55.0 Å². The zero-order chi connectivity index (χ0) is 22.2. The quantitative estimate of drug-likeness (QED) is 0.442. The summed E-state index contributed by atoms with van der Waals surface area (Å²) in [6, 6.07) is 11.8. The van der Waals surface area contributed by atoms with E-state index in [1.165, 1.54) is 12.4 Å². The zero-order valence-corrected chi connectivity index (χ0v) is 18.1. The molecule has 0 aliphatic carbocycles. The Morgan fingerprint density at radius 3 is 2.58 bits per heavy atom. The van der Waals surface area contributed by atoms with Gasteiger partial charge in [-0.05, 0) is 42.8 Å². The highest BCUT2D eigenvalue weighted by Crippen LogP contribution is 2.31. The summed E-state index contributed by atoms with van der Waals surface area (Å²) in [4.78, 5) is 12.8. The van der Waals surface area contributed by atoms with Crippen LogP contribution in [0.1, 0.15) is 5.69 Å². The molecule has 0 saturated heterocycles. The minimum atomic E-state index is -3.45. The van der Waals surface area contributed by atoms with Crippen LogP contribution in [0.5, 0.6) is 0 Å². The number of hydrogen-bond acceptors (Lipinski definition) is 6. The van der Waals surface area contributed by atoms with Crippen molar-refractivity contribution in [2.24, 2.45) is 0 Å². The van der Waals surface area contributed by atoms with Crippen LogP contribution >= 0.6 is 11.6 Å². The summed E-state index contributed by atoms with van der Waals surface area (Å²) in [5.74, 6) is -0.172. The highest BCUT2D eigenvalue weighted by molar-refractivity contribution is 7.92. The van der Waals surface area contributed by atoms with Gasteiger partial charge in [-0.2, -0.15) is 0 Å². The lowest BCUT2D eigenvalue weighted by Crippen LogP contribution is -2.11. The third kappa shape index (κ3) is 4.57. The van der Waals surface area contributed by atoms with Gasteiger partial charge in [-0.15, -0.1) is 0 Å². The number of halogens is 2. The van der Waals surface area contributed by atoms with Crippen LogP contribution in [0.4, 0.5) is 21.6 Å². The Balaban J connectivity index is 1.79. The fourth-order valence-corrected chi connectivity index (χ4v) is 3.84. The molecule has 7 nitrogen and oxygen atoms in total. The Bertz CT molecular complexity index is 1410. The second-order valence-corrected chi connectivity index (χ2v) is 9.07. The van der Waals surface area contributed by atoms with Crippen molar-refractivity contribution in [3.63, 3.8) is 0 Å². The van der Waals surface area contributed by atoms with Crippen molar-refractivity contribution in [2.75, 3.05) is 16.3 Å². The predicted octanol–water partition coefficient (Wildman–Crippen LogP) is 4.91. The van der Waals surface area contributed by atoms with Gasteiger partial charge >= 0.3 is 0 Å². The molecule has 10 heteroatoms. The largest absolute Gasteiger partial charge is 0.337 e. The van der Waals surface area contributed by atoms with Crippen molar-refractivity contribution in [3.05, 3.63) is 71.5 Å². The fraction of sp³-hybridized carbons (Fsp3) is 0.0952. The molecule has 31 heavy (non-hydrogen) atoms. The molecule has 0 bridgehead atoms. The van der Waals surface area contributed by atoms with Gasteiger partial charge in [0.05, 0.1) is 33.9 Å². The highest BCUT2D eigenvalue weighted by Gasteiger charge is 2.12. The van der Waals surface area contributed by atoms with E-state index >= 15 is 0 Å². The molecule has 0 amide bonds. The number of rotatable bonds is 5. The van der Waals surface area contributed by atoms with Crippen LogP contribution in [0.25, 0.3) is 22.0 Å². The molecular formula is C21H17ClFN5O2S. The minimum absolute atomic E-state index is 0.000635. The number of aromatic nitrogens is 3. The molecule has 4 rings (SSSR count). The van der Waals surface area contributed by atoms with E-state index in [9.17, 15) is 12.8 Å². The minimum Gasteiger partial charge on any atom is -0.337 e. The molecule has 2 aromatic heterocycles. The molecule has 158 valence electrons. The van der Waals surface area contributed by atoms with Crippen LogP contribution in [-0.4, -0.2) is 29.6 Å². The van der Waals surface area contributed by atoms with E-state index in [-0.39, 0.29) is 10.7 Å². The Morgan fingerprint density at radius 2 is 1.81 bits per heavy atom. The summed E-state index contributed by atoms with van der Waals surface area (Å²) < 4.78 is 40.1. The van der Waals surface area contributed by atoms with Gasteiger partial charge in [-0.1, -0.05) is 23.7 Å². The predicted molar refractivity (Wildman–Crippen MR) is 121 cm³/mol. The first-order valence-electron chi connectivity index (χ1n) is 9.12. The SMILES string of the molecule is Cc1ncc(-c2ccc3ncnc(Nc4cccc(Cl)c4F)c3c2)cc1NS(C)(=O)=O. The number of aryl methyl sites for hydroxylation is 1. The van der Waals surface area contributed by atoms with Gasteiger partial charge in [0.15, 0.2) is 5.82 Å². The smallest absolute Gasteiger partial charge is 0.229 e. The maximum atomic E-state index is 14.3. The number of fused-ring (bicyclic) bond motifs is 1. The first-order valence-corrected chi connectivity index (χ1v) is 11.4. The topological polar surface area (TPSA) is 96.9 Å². The normalized spacial score (nSPS) is 11.5. The summed E-state index contributed by atoms with van der Waals surface area (Å²) in [5, 5.41) is 3.62. The van der Waals surface area contributed by atoms with Gasteiger partial charge in [-0.25, -0.2) is 22.8 Å². The second kappa shape index (κ2) is 8.09. The summed E-state index contributed by atoms with van der Waals surface area (Å²) in [6.45, 7) is 1.72. The lowest BCUT2D eigenvalue weighted by atomic mass is 10.0. The number of hydrogen-bond donors (Lipinski definition) is 2. The van der Waals surface area contributed by atoms with Crippen LogP contribution in [-0.2, 0) is 10.0 Å². The van der Waals surface area contributed by atoms with E-state index in [1.54, 1.807) is 37.4 Å². The monoisotopic (exact) mass is 457 g/mol.